The number of nitrogens with one attached hydrogen (secondary N) is 2. The Kier molecular flexibility index (Phi) is 10.5. The molecule has 1 fully saturated rings. The molecule has 0 spiro atoms. The SMILES string of the molecule is CCOCC1CCN(C(=NC)NCCNS(C)(=O)=O)C1.I. The van der Waals surface area contributed by atoms with Crippen LogP contribution in [0.3, 0.4) is 0 Å². The molecule has 0 bridgehead atoms. The summed E-state index contributed by atoms with van der Waals surface area (Å²) in [5.74, 6) is 1.36. The average Bonchev–Trinajstić information content (AvgIpc) is 2.84. The third-order valence-electron chi connectivity index (χ3n) is 3.13. The number of hydrogen-bond acceptors (Lipinski definition) is 4. The van der Waals surface area contributed by atoms with E-state index >= 15 is 0 Å². The molecular weight excluding hydrogens is 407 g/mol. The van der Waals surface area contributed by atoms with Crippen LogP contribution in [-0.4, -0.2) is 72.0 Å². The van der Waals surface area contributed by atoms with Gasteiger partial charge in [0.15, 0.2) is 5.96 Å². The van der Waals surface area contributed by atoms with E-state index in [1.165, 1.54) is 0 Å². The van der Waals surface area contributed by atoms with Gasteiger partial charge >= 0.3 is 0 Å². The second kappa shape index (κ2) is 10.6. The Morgan fingerprint density at radius 1 is 1.43 bits per heavy atom. The van der Waals surface area contributed by atoms with Crippen molar-refractivity contribution in [1.29, 1.82) is 0 Å². The zero-order chi connectivity index (χ0) is 15.0. The summed E-state index contributed by atoms with van der Waals surface area (Å²) in [5.41, 5.74) is 0. The summed E-state index contributed by atoms with van der Waals surface area (Å²) in [7, 11) is -1.39. The first kappa shape index (κ1) is 20.9. The van der Waals surface area contributed by atoms with Crippen LogP contribution in [0.25, 0.3) is 0 Å². The number of rotatable bonds is 7. The molecule has 1 saturated heterocycles. The van der Waals surface area contributed by atoms with Gasteiger partial charge in [-0.25, -0.2) is 13.1 Å². The average molecular weight is 434 g/mol. The first-order valence-corrected chi connectivity index (χ1v) is 8.83. The van der Waals surface area contributed by atoms with Crippen LogP contribution in [0.5, 0.6) is 0 Å². The Labute approximate surface area is 145 Å². The fraction of sp³-hybridized carbons (Fsp3) is 0.917. The molecule has 0 amide bonds. The normalized spacial score (nSPS) is 19.5. The number of halogens is 1. The Balaban J connectivity index is 0.00000400. The summed E-state index contributed by atoms with van der Waals surface area (Å²) in [6.07, 6.45) is 2.25. The quantitative estimate of drug-likeness (QED) is 0.257. The lowest BCUT2D eigenvalue weighted by atomic mass is 10.1. The van der Waals surface area contributed by atoms with Crippen LogP contribution in [0.15, 0.2) is 4.99 Å². The lowest BCUT2D eigenvalue weighted by Gasteiger charge is -2.21. The second-order valence-corrected chi connectivity index (χ2v) is 6.73. The highest BCUT2D eigenvalue weighted by molar-refractivity contribution is 14.0. The van der Waals surface area contributed by atoms with Crippen molar-refractivity contribution < 1.29 is 13.2 Å². The summed E-state index contributed by atoms with van der Waals surface area (Å²) in [6, 6.07) is 0. The van der Waals surface area contributed by atoms with E-state index in [0.717, 1.165) is 44.9 Å². The lowest BCUT2D eigenvalue weighted by molar-refractivity contribution is 0.114. The van der Waals surface area contributed by atoms with Crippen LogP contribution in [0, 0.1) is 5.92 Å². The van der Waals surface area contributed by atoms with Gasteiger partial charge in [-0.05, 0) is 13.3 Å². The fourth-order valence-electron chi connectivity index (χ4n) is 2.19. The van der Waals surface area contributed by atoms with Gasteiger partial charge in [-0.2, -0.15) is 0 Å². The van der Waals surface area contributed by atoms with E-state index in [1.54, 1.807) is 7.05 Å². The van der Waals surface area contributed by atoms with Crippen molar-refractivity contribution in [3.05, 3.63) is 0 Å². The maximum absolute atomic E-state index is 11.0. The number of likely N-dealkylation sites (tertiary alicyclic amines) is 1. The van der Waals surface area contributed by atoms with E-state index < -0.39 is 10.0 Å². The Morgan fingerprint density at radius 2 is 2.14 bits per heavy atom. The van der Waals surface area contributed by atoms with Gasteiger partial charge in [-0.1, -0.05) is 0 Å². The van der Waals surface area contributed by atoms with Crippen LogP contribution >= 0.6 is 24.0 Å². The first-order chi connectivity index (χ1) is 9.46. The maximum atomic E-state index is 11.0. The molecule has 1 unspecified atom stereocenters. The van der Waals surface area contributed by atoms with E-state index in [1.807, 2.05) is 6.92 Å². The minimum absolute atomic E-state index is 0. The molecule has 126 valence electrons. The smallest absolute Gasteiger partial charge is 0.208 e. The Bertz CT molecular complexity index is 417. The number of aliphatic imine (C=N–C) groups is 1. The van der Waals surface area contributed by atoms with Crippen LogP contribution in [0.1, 0.15) is 13.3 Å². The Morgan fingerprint density at radius 3 is 2.71 bits per heavy atom. The van der Waals surface area contributed by atoms with Crippen molar-refractivity contribution in [2.45, 2.75) is 13.3 Å². The van der Waals surface area contributed by atoms with Gasteiger partial charge in [0, 0.05) is 45.8 Å². The van der Waals surface area contributed by atoms with Gasteiger partial charge in [0.1, 0.15) is 0 Å². The van der Waals surface area contributed by atoms with Crippen LogP contribution in [-0.2, 0) is 14.8 Å². The number of sulfonamides is 1. The molecule has 0 aromatic carbocycles. The number of guanidine groups is 1. The zero-order valence-corrected chi connectivity index (χ0v) is 16.1. The number of ether oxygens (including phenoxy) is 1. The molecule has 0 radical (unpaired) electrons. The van der Waals surface area contributed by atoms with Crippen molar-refractivity contribution in [2.75, 3.05) is 52.7 Å². The van der Waals surface area contributed by atoms with Gasteiger partial charge in [0.2, 0.25) is 10.0 Å². The largest absolute Gasteiger partial charge is 0.381 e. The van der Waals surface area contributed by atoms with Crippen LogP contribution < -0.4 is 10.0 Å². The number of nitrogens with zero attached hydrogens (tertiary/aromatic N) is 2. The molecule has 7 nitrogen and oxygen atoms in total. The highest BCUT2D eigenvalue weighted by atomic mass is 127. The van der Waals surface area contributed by atoms with Gasteiger partial charge in [0.25, 0.3) is 0 Å². The maximum Gasteiger partial charge on any atom is 0.208 e. The molecule has 0 aromatic heterocycles. The molecule has 2 N–H and O–H groups in total. The lowest BCUT2D eigenvalue weighted by Crippen LogP contribution is -2.43. The highest BCUT2D eigenvalue weighted by Gasteiger charge is 2.24. The van der Waals surface area contributed by atoms with Gasteiger partial charge in [-0.15, -0.1) is 24.0 Å². The molecular formula is C12H27IN4O3S. The third kappa shape index (κ3) is 8.79. The van der Waals surface area contributed by atoms with Crippen LogP contribution in [0.2, 0.25) is 0 Å². The summed E-state index contributed by atoms with van der Waals surface area (Å²) in [4.78, 5) is 6.42. The van der Waals surface area contributed by atoms with E-state index in [0.29, 0.717) is 19.0 Å². The van der Waals surface area contributed by atoms with Crippen molar-refractivity contribution in [3.63, 3.8) is 0 Å². The van der Waals surface area contributed by atoms with Crippen LogP contribution in [0.4, 0.5) is 0 Å². The van der Waals surface area contributed by atoms with Gasteiger partial charge < -0.3 is 15.0 Å². The zero-order valence-electron chi connectivity index (χ0n) is 13.0. The molecule has 9 heteroatoms. The molecule has 0 aromatic rings. The first-order valence-electron chi connectivity index (χ1n) is 6.94. The molecule has 1 rings (SSSR count). The summed E-state index contributed by atoms with van der Waals surface area (Å²) < 4.78 is 29.8. The van der Waals surface area contributed by atoms with E-state index in [9.17, 15) is 8.42 Å². The Hall–Kier alpha value is -0.130. The topological polar surface area (TPSA) is 83.0 Å². The van der Waals surface area contributed by atoms with E-state index in [-0.39, 0.29) is 24.0 Å². The van der Waals surface area contributed by atoms with Gasteiger partial charge in [-0.3, -0.25) is 4.99 Å². The summed E-state index contributed by atoms with van der Waals surface area (Å²) >= 11 is 0. The standard InChI is InChI=1S/C12H26N4O3S.HI/c1-4-19-10-11-5-8-16(9-11)12(13-2)14-6-7-15-20(3,17)18;/h11,15H,4-10H2,1-3H3,(H,13,14);1H. The predicted molar refractivity (Wildman–Crippen MR) is 95.8 cm³/mol. The van der Waals surface area contributed by atoms with Crippen molar-refractivity contribution in [2.24, 2.45) is 10.9 Å². The predicted octanol–water partition coefficient (Wildman–Crippen LogP) is 0.0874. The molecule has 1 aliphatic rings. The van der Waals surface area contributed by atoms with E-state index in [4.69, 9.17) is 4.74 Å². The minimum Gasteiger partial charge on any atom is -0.381 e. The molecule has 0 aliphatic carbocycles. The molecule has 1 aliphatic heterocycles. The minimum atomic E-state index is -3.13. The van der Waals surface area contributed by atoms with E-state index in [2.05, 4.69) is 19.9 Å². The third-order valence-corrected chi connectivity index (χ3v) is 3.86. The summed E-state index contributed by atoms with van der Waals surface area (Å²) in [6.45, 7) is 6.30. The molecule has 1 heterocycles. The molecule has 0 saturated carbocycles. The second-order valence-electron chi connectivity index (χ2n) is 4.90. The molecule has 21 heavy (non-hydrogen) atoms. The molecule has 1 atom stereocenters. The van der Waals surface area contributed by atoms with Crippen molar-refractivity contribution >= 4 is 40.0 Å². The highest BCUT2D eigenvalue weighted by Crippen LogP contribution is 2.16. The van der Waals surface area contributed by atoms with Crippen molar-refractivity contribution in [1.82, 2.24) is 14.9 Å². The monoisotopic (exact) mass is 434 g/mol. The number of hydrogen-bond donors (Lipinski definition) is 2. The van der Waals surface area contributed by atoms with Gasteiger partial charge in [0.05, 0.1) is 12.9 Å². The fourth-order valence-corrected chi connectivity index (χ4v) is 2.66. The van der Waals surface area contributed by atoms with Crippen molar-refractivity contribution in [3.8, 4) is 0 Å². The summed E-state index contributed by atoms with van der Waals surface area (Å²) in [5, 5.41) is 3.17.